The number of piperazine rings is 1. The van der Waals surface area contributed by atoms with Crippen LogP contribution < -0.4 is 4.90 Å². The molecule has 140 valence electrons. The van der Waals surface area contributed by atoms with Gasteiger partial charge in [0.05, 0.1) is 21.0 Å². The van der Waals surface area contributed by atoms with Crippen LogP contribution >= 0.6 is 23.1 Å². The van der Waals surface area contributed by atoms with E-state index in [1.165, 1.54) is 15.8 Å². The highest BCUT2D eigenvalue weighted by Crippen LogP contribution is 2.34. The molecule has 0 saturated carbocycles. The highest BCUT2D eigenvalue weighted by Gasteiger charge is 2.38. The Labute approximate surface area is 163 Å². The van der Waals surface area contributed by atoms with Crippen molar-refractivity contribution in [2.75, 3.05) is 50.0 Å². The molecule has 2 aromatic rings. The first-order valence-electron chi connectivity index (χ1n) is 9.26. The van der Waals surface area contributed by atoms with Crippen molar-refractivity contribution in [1.82, 2.24) is 14.8 Å². The Kier molecular flexibility index (Phi) is 5.12. The Hall–Kier alpha value is -1.31. The van der Waals surface area contributed by atoms with Crippen LogP contribution in [0.25, 0.3) is 10.1 Å². The lowest BCUT2D eigenvalue weighted by atomic mass is 10.2. The molecule has 0 aromatic carbocycles. The standard InChI is InChI=1S/C19H26N4OS2/c1-19(2)18(24)23(14-26-19)7-3-6-21-8-10-22(11-9-21)16-13-25-17-12-20-5-4-15(16)17/h4-5,12-13H,3,6-11,14H2,1-2H3. The number of nitrogens with zero attached hydrogens (tertiary/aromatic N) is 4. The van der Waals surface area contributed by atoms with Gasteiger partial charge in [-0.2, -0.15) is 0 Å². The second-order valence-electron chi connectivity index (χ2n) is 7.53. The number of rotatable bonds is 5. The van der Waals surface area contributed by atoms with Crippen molar-refractivity contribution in [3.8, 4) is 0 Å². The van der Waals surface area contributed by atoms with Crippen LogP contribution in [-0.4, -0.2) is 70.6 Å². The summed E-state index contributed by atoms with van der Waals surface area (Å²) >= 11 is 3.53. The number of hydrogen-bond acceptors (Lipinski definition) is 6. The molecule has 2 aliphatic heterocycles. The van der Waals surface area contributed by atoms with Crippen molar-refractivity contribution in [3.63, 3.8) is 0 Å². The second kappa shape index (κ2) is 7.37. The third kappa shape index (κ3) is 3.57. The number of amides is 1. The van der Waals surface area contributed by atoms with Gasteiger partial charge in [-0.3, -0.25) is 14.7 Å². The number of aromatic nitrogens is 1. The van der Waals surface area contributed by atoms with Crippen LogP contribution in [0.1, 0.15) is 20.3 Å². The number of fused-ring (bicyclic) bond motifs is 1. The Bertz CT molecular complexity index is 783. The molecule has 26 heavy (non-hydrogen) atoms. The molecule has 0 bridgehead atoms. The van der Waals surface area contributed by atoms with Gasteiger partial charge >= 0.3 is 0 Å². The first kappa shape index (κ1) is 18.1. The molecule has 0 aliphatic carbocycles. The number of thioether (sulfide) groups is 1. The number of carbonyl (C=O) groups is 1. The van der Waals surface area contributed by atoms with Crippen molar-refractivity contribution >= 4 is 44.8 Å². The molecule has 0 radical (unpaired) electrons. The molecule has 0 spiro atoms. The number of carbonyl (C=O) groups excluding carboxylic acids is 1. The number of thiophene rings is 1. The summed E-state index contributed by atoms with van der Waals surface area (Å²) in [6.07, 6.45) is 4.91. The van der Waals surface area contributed by atoms with Crippen molar-refractivity contribution < 1.29 is 4.79 Å². The summed E-state index contributed by atoms with van der Waals surface area (Å²) in [5.74, 6) is 1.14. The van der Waals surface area contributed by atoms with Crippen molar-refractivity contribution in [2.24, 2.45) is 0 Å². The zero-order chi connectivity index (χ0) is 18.1. The van der Waals surface area contributed by atoms with Crippen molar-refractivity contribution in [2.45, 2.75) is 25.0 Å². The first-order chi connectivity index (χ1) is 12.5. The molecular formula is C19H26N4OS2. The predicted molar refractivity (Wildman–Crippen MR) is 111 cm³/mol. The molecule has 2 aromatic heterocycles. The Morgan fingerprint density at radius 1 is 1.19 bits per heavy atom. The predicted octanol–water partition coefficient (Wildman–Crippen LogP) is 3.12. The van der Waals surface area contributed by atoms with Crippen LogP contribution in [-0.2, 0) is 4.79 Å². The Morgan fingerprint density at radius 2 is 2.00 bits per heavy atom. The van der Waals surface area contributed by atoms with E-state index in [-0.39, 0.29) is 4.75 Å². The molecule has 7 heteroatoms. The summed E-state index contributed by atoms with van der Waals surface area (Å²) in [6.45, 7) is 10.4. The van der Waals surface area contributed by atoms with Crippen LogP contribution in [0, 0.1) is 0 Å². The highest BCUT2D eigenvalue weighted by atomic mass is 32.2. The molecule has 0 N–H and O–H groups in total. The molecule has 2 fully saturated rings. The average molecular weight is 391 g/mol. The average Bonchev–Trinajstić information content (AvgIpc) is 3.18. The summed E-state index contributed by atoms with van der Waals surface area (Å²) in [5, 5.41) is 3.59. The van der Waals surface area contributed by atoms with E-state index in [0.717, 1.165) is 51.6 Å². The summed E-state index contributed by atoms with van der Waals surface area (Å²) in [5.41, 5.74) is 1.36. The van der Waals surface area contributed by atoms with Gasteiger partial charge in [0, 0.05) is 55.9 Å². The molecule has 4 rings (SSSR count). The van der Waals surface area contributed by atoms with Gasteiger partial charge in [-0.25, -0.2) is 0 Å². The van der Waals surface area contributed by atoms with Crippen LogP contribution in [0.3, 0.4) is 0 Å². The monoisotopic (exact) mass is 390 g/mol. The van der Waals surface area contributed by atoms with Crippen LogP contribution in [0.5, 0.6) is 0 Å². The largest absolute Gasteiger partial charge is 0.368 e. The van der Waals surface area contributed by atoms with E-state index in [9.17, 15) is 4.79 Å². The normalized spacial score (nSPS) is 21.1. The lowest BCUT2D eigenvalue weighted by molar-refractivity contribution is -0.130. The topological polar surface area (TPSA) is 39.7 Å². The van der Waals surface area contributed by atoms with E-state index in [4.69, 9.17) is 0 Å². The van der Waals surface area contributed by atoms with Gasteiger partial charge in [0.15, 0.2) is 0 Å². The third-order valence-corrected chi connectivity index (χ3v) is 7.61. The zero-order valence-electron chi connectivity index (χ0n) is 15.5. The molecule has 1 amide bonds. The Balaban J connectivity index is 1.25. The molecule has 0 unspecified atom stereocenters. The maximum atomic E-state index is 12.3. The molecular weight excluding hydrogens is 364 g/mol. The SMILES string of the molecule is CC1(C)SCN(CCCN2CCN(c3csc4cnccc34)CC2)C1=O. The van der Waals surface area contributed by atoms with E-state index in [1.807, 2.05) is 31.1 Å². The van der Waals surface area contributed by atoms with Gasteiger partial charge in [0.2, 0.25) is 5.91 Å². The minimum atomic E-state index is -0.232. The van der Waals surface area contributed by atoms with Gasteiger partial charge < -0.3 is 9.80 Å². The van der Waals surface area contributed by atoms with E-state index < -0.39 is 0 Å². The number of hydrogen-bond donors (Lipinski definition) is 0. The summed E-state index contributed by atoms with van der Waals surface area (Å²) in [7, 11) is 0. The molecule has 4 heterocycles. The number of anilines is 1. The van der Waals surface area contributed by atoms with E-state index >= 15 is 0 Å². The van der Waals surface area contributed by atoms with Gasteiger partial charge in [-0.1, -0.05) is 0 Å². The number of pyridine rings is 1. The fourth-order valence-corrected chi connectivity index (χ4v) is 5.63. The smallest absolute Gasteiger partial charge is 0.238 e. The lowest BCUT2D eigenvalue weighted by Gasteiger charge is -2.36. The molecule has 2 aliphatic rings. The minimum Gasteiger partial charge on any atom is -0.368 e. The quantitative estimate of drug-likeness (QED) is 0.784. The van der Waals surface area contributed by atoms with Crippen LogP contribution in [0.2, 0.25) is 0 Å². The summed E-state index contributed by atoms with van der Waals surface area (Å²) < 4.78 is 1.03. The second-order valence-corrected chi connectivity index (χ2v) is 10.0. The molecule has 0 atom stereocenters. The van der Waals surface area contributed by atoms with Gasteiger partial charge in [-0.05, 0) is 32.9 Å². The highest BCUT2D eigenvalue weighted by molar-refractivity contribution is 8.01. The molecule has 2 saturated heterocycles. The van der Waals surface area contributed by atoms with Crippen LogP contribution in [0.4, 0.5) is 5.69 Å². The van der Waals surface area contributed by atoms with Gasteiger partial charge in [-0.15, -0.1) is 23.1 Å². The lowest BCUT2D eigenvalue weighted by Crippen LogP contribution is -2.47. The maximum Gasteiger partial charge on any atom is 0.238 e. The van der Waals surface area contributed by atoms with Crippen molar-refractivity contribution in [3.05, 3.63) is 23.8 Å². The van der Waals surface area contributed by atoms with Crippen LogP contribution in [0.15, 0.2) is 23.8 Å². The van der Waals surface area contributed by atoms with Gasteiger partial charge in [0.1, 0.15) is 0 Å². The molecule has 5 nitrogen and oxygen atoms in total. The Morgan fingerprint density at radius 3 is 2.73 bits per heavy atom. The maximum absolute atomic E-state index is 12.3. The third-order valence-electron chi connectivity index (χ3n) is 5.36. The summed E-state index contributed by atoms with van der Waals surface area (Å²) in [4.78, 5) is 23.5. The van der Waals surface area contributed by atoms with E-state index in [0.29, 0.717) is 5.91 Å². The van der Waals surface area contributed by atoms with Crippen molar-refractivity contribution in [1.29, 1.82) is 0 Å². The zero-order valence-corrected chi connectivity index (χ0v) is 17.1. The fourth-order valence-electron chi connectivity index (χ4n) is 3.72. The summed E-state index contributed by atoms with van der Waals surface area (Å²) in [6, 6.07) is 2.13. The van der Waals surface area contributed by atoms with E-state index in [1.54, 1.807) is 23.1 Å². The van der Waals surface area contributed by atoms with E-state index in [2.05, 4.69) is 26.2 Å². The fraction of sp³-hybridized carbons (Fsp3) is 0.579. The minimum absolute atomic E-state index is 0.232. The van der Waals surface area contributed by atoms with Gasteiger partial charge in [0.25, 0.3) is 0 Å². The first-order valence-corrected chi connectivity index (χ1v) is 11.1.